The first kappa shape index (κ1) is 24.6. The van der Waals surface area contributed by atoms with Crippen LogP contribution in [0.4, 0.5) is 19.1 Å². The largest absolute Gasteiger partial charge is 0.477 e. The number of aryl methyl sites for hydroxylation is 1. The summed E-state index contributed by atoms with van der Waals surface area (Å²) in [5.74, 6) is 0.736. The molecule has 11 heteroatoms. The van der Waals surface area contributed by atoms with E-state index in [9.17, 15) is 23.1 Å². The van der Waals surface area contributed by atoms with Gasteiger partial charge in [0.15, 0.2) is 5.69 Å². The molecule has 2 aliphatic carbocycles. The second kappa shape index (κ2) is 8.77. The summed E-state index contributed by atoms with van der Waals surface area (Å²) < 4.78 is 53.4. The lowest BCUT2D eigenvalue weighted by Crippen LogP contribution is -2.42. The highest BCUT2D eigenvalue weighted by Gasteiger charge is 2.64. The number of halogens is 3. The monoisotopic (exact) mass is 540 g/mol. The van der Waals surface area contributed by atoms with Gasteiger partial charge in [-0.2, -0.15) is 13.2 Å². The van der Waals surface area contributed by atoms with Crippen LogP contribution < -0.4 is 4.90 Å². The van der Waals surface area contributed by atoms with Crippen LogP contribution in [-0.2, 0) is 17.5 Å². The average molecular weight is 541 g/mol. The van der Waals surface area contributed by atoms with E-state index in [4.69, 9.17) is 9.26 Å². The second-order valence-corrected chi connectivity index (χ2v) is 11.1. The molecule has 5 atom stereocenters. The summed E-state index contributed by atoms with van der Waals surface area (Å²) >= 11 is 0. The predicted molar refractivity (Wildman–Crippen MR) is 132 cm³/mol. The Morgan fingerprint density at radius 2 is 1.97 bits per heavy atom. The smallest absolute Gasteiger partial charge is 0.417 e. The van der Waals surface area contributed by atoms with E-state index in [-0.39, 0.29) is 53.6 Å². The maximum Gasteiger partial charge on any atom is 0.417 e. The van der Waals surface area contributed by atoms with E-state index < -0.39 is 17.7 Å². The number of carbonyl (C=O) groups is 1. The number of fused-ring (bicyclic) bond motifs is 4. The Morgan fingerprint density at radius 3 is 2.72 bits per heavy atom. The normalized spacial score (nSPS) is 27.5. The number of hydrogen-bond acceptors (Lipinski definition) is 7. The van der Waals surface area contributed by atoms with Crippen LogP contribution in [0.15, 0.2) is 34.9 Å². The van der Waals surface area contributed by atoms with Crippen LogP contribution in [0.25, 0.3) is 11.3 Å². The zero-order chi connectivity index (χ0) is 27.1. The van der Waals surface area contributed by atoms with Crippen molar-refractivity contribution >= 4 is 11.9 Å². The molecule has 4 aliphatic rings. The average Bonchev–Trinajstić information content (AvgIpc) is 3.79. The highest BCUT2D eigenvalue weighted by molar-refractivity contribution is 5.85. The molecule has 204 valence electrons. The Hall–Kier alpha value is -3.47. The molecule has 39 heavy (non-hydrogen) atoms. The molecule has 4 heterocycles. The Labute approximate surface area is 222 Å². The second-order valence-electron chi connectivity index (χ2n) is 11.1. The minimum atomic E-state index is -4.51. The number of nitrogens with zero attached hydrogens (tertiary/aromatic N) is 4. The third-order valence-electron chi connectivity index (χ3n) is 8.66. The Balaban J connectivity index is 1.14. The van der Waals surface area contributed by atoms with Crippen molar-refractivity contribution in [3.05, 3.63) is 58.6 Å². The first-order valence-corrected chi connectivity index (χ1v) is 13.3. The number of piperidine rings is 1. The number of alkyl halides is 3. The zero-order valence-corrected chi connectivity index (χ0v) is 21.2. The fourth-order valence-electron chi connectivity index (χ4n) is 6.78. The van der Waals surface area contributed by atoms with E-state index in [1.54, 1.807) is 13.0 Å². The van der Waals surface area contributed by atoms with Crippen LogP contribution >= 0.6 is 0 Å². The fraction of sp³-hybridized carbons (Fsp3) is 0.500. The molecule has 2 saturated heterocycles. The van der Waals surface area contributed by atoms with E-state index >= 15 is 0 Å². The SMILES string of the molecule is Cc1cc(C(=O)O)nc(N2C3CCC2C2C(C3)C2OCc2c(-c3ccccc3C(F)(F)F)noc2C2CC2)n1. The Bertz CT molecular complexity index is 1450. The molecule has 0 amide bonds. The van der Waals surface area contributed by atoms with Gasteiger partial charge in [-0.1, -0.05) is 23.4 Å². The van der Waals surface area contributed by atoms with Gasteiger partial charge in [-0.15, -0.1) is 0 Å². The molecule has 3 aromatic rings. The number of rotatable bonds is 7. The minimum Gasteiger partial charge on any atom is -0.477 e. The third-order valence-corrected chi connectivity index (χ3v) is 8.66. The topological polar surface area (TPSA) is 102 Å². The number of aromatic carboxylic acids is 1. The lowest BCUT2D eigenvalue weighted by molar-refractivity contribution is -0.137. The quantitative estimate of drug-likeness (QED) is 0.413. The highest BCUT2D eigenvalue weighted by Crippen LogP contribution is 2.58. The Morgan fingerprint density at radius 1 is 1.18 bits per heavy atom. The van der Waals surface area contributed by atoms with Crippen LogP contribution in [-0.4, -0.2) is 44.4 Å². The third kappa shape index (κ3) is 4.18. The van der Waals surface area contributed by atoms with Crippen LogP contribution in [0.5, 0.6) is 0 Å². The summed E-state index contributed by atoms with van der Waals surface area (Å²) in [4.78, 5) is 22.6. The highest BCUT2D eigenvalue weighted by atomic mass is 19.4. The lowest BCUT2D eigenvalue weighted by Gasteiger charge is -2.34. The van der Waals surface area contributed by atoms with E-state index in [1.165, 1.54) is 18.2 Å². The molecule has 4 fully saturated rings. The van der Waals surface area contributed by atoms with E-state index in [0.717, 1.165) is 38.2 Å². The van der Waals surface area contributed by atoms with Gasteiger partial charge in [0.2, 0.25) is 5.95 Å². The molecule has 0 spiro atoms. The lowest BCUT2D eigenvalue weighted by atomic mass is 9.99. The van der Waals surface area contributed by atoms with Crippen molar-refractivity contribution in [1.29, 1.82) is 0 Å². The molecule has 2 saturated carbocycles. The van der Waals surface area contributed by atoms with Crippen molar-refractivity contribution in [3.8, 4) is 11.3 Å². The first-order chi connectivity index (χ1) is 18.7. The van der Waals surface area contributed by atoms with Crippen molar-refractivity contribution < 1.29 is 32.3 Å². The molecule has 1 aromatic carbocycles. The molecule has 2 aliphatic heterocycles. The number of anilines is 1. The van der Waals surface area contributed by atoms with Gasteiger partial charge in [-0.3, -0.25) is 0 Å². The first-order valence-electron chi connectivity index (χ1n) is 13.3. The van der Waals surface area contributed by atoms with Crippen LogP contribution in [0.2, 0.25) is 0 Å². The molecular formula is C28H27F3N4O4. The van der Waals surface area contributed by atoms with Crippen LogP contribution in [0.1, 0.15) is 71.1 Å². The Kier molecular flexibility index (Phi) is 5.52. The van der Waals surface area contributed by atoms with Gasteiger partial charge >= 0.3 is 12.1 Å². The standard InChI is InChI=1S/C28H27F3N4O4/c1-13-10-20(26(36)37)33-27(32-13)35-15-8-9-21(35)22-17(11-15)25(22)38-12-18-23(34-39-24(18)14-6-7-14)16-4-2-3-5-19(16)28(29,30)31/h2-5,10,14-15,17,21-22,25H,6-9,11-12H2,1H3,(H,36,37). The van der Waals surface area contributed by atoms with Gasteiger partial charge in [0, 0.05) is 40.7 Å². The minimum absolute atomic E-state index is 0.00327. The van der Waals surface area contributed by atoms with Crippen molar-refractivity contribution in [2.24, 2.45) is 11.8 Å². The number of carboxylic acids is 1. The molecule has 7 rings (SSSR count). The number of hydrogen-bond donors (Lipinski definition) is 1. The number of ether oxygens (including phenoxy) is 1. The van der Waals surface area contributed by atoms with Gasteiger partial charge in [0.1, 0.15) is 11.5 Å². The molecule has 2 aromatic heterocycles. The molecule has 5 unspecified atom stereocenters. The number of aromatic nitrogens is 3. The molecule has 2 bridgehead atoms. The van der Waals surface area contributed by atoms with Gasteiger partial charge in [0.25, 0.3) is 0 Å². The van der Waals surface area contributed by atoms with Crippen LogP contribution in [0.3, 0.4) is 0 Å². The fourth-order valence-corrected chi connectivity index (χ4v) is 6.78. The van der Waals surface area contributed by atoms with Gasteiger partial charge in [0.05, 0.1) is 18.3 Å². The maximum atomic E-state index is 13.8. The van der Waals surface area contributed by atoms with Gasteiger partial charge in [-0.05, 0) is 57.1 Å². The maximum absolute atomic E-state index is 13.8. The van der Waals surface area contributed by atoms with E-state index in [1.807, 2.05) is 0 Å². The van der Waals surface area contributed by atoms with E-state index in [0.29, 0.717) is 28.9 Å². The summed E-state index contributed by atoms with van der Waals surface area (Å²) in [6, 6.07) is 7.26. The number of benzene rings is 1. The molecule has 1 N–H and O–H groups in total. The van der Waals surface area contributed by atoms with Gasteiger partial charge < -0.3 is 19.3 Å². The van der Waals surface area contributed by atoms with Crippen molar-refractivity contribution in [1.82, 2.24) is 15.1 Å². The summed E-state index contributed by atoms with van der Waals surface area (Å²) in [6.45, 7) is 1.90. The van der Waals surface area contributed by atoms with Crippen molar-refractivity contribution in [2.45, 2.75) is 75.9 Å². The molecular weight excluding hydrogens is 513 g/mol. The predicted octanol–water partition coefficient (Wildman–Crippen LogP) is 5.61. The summed E-state index contributed by atoms with van der Waals surface area (Å²) in [6.07, 6.45) is 0.0965. The van der Waals surface area contributed by atoms with Crippen molar-refractivity contribution in [2.75, 3.05) is 4.90 Å². The number of carboxylic acid groups (broad SMARTS) is 1. The molecule has 8 nitrogen and oxygen atoms in total. The van der Waals surface area contributed by atoms with E-state index in [2.05, 4.69) is 20.0 Å². The van der Waals surface area contributed by atoms with Crippen molar-refractivity contribution in [3.63, 3.8) is 0 Å². The zero-order valence-electron chi connectivity index (χ0n) is 21.2. The summed E-state index contributed by atoms with van der Waals surface area (Å²) in [7, 11) is 0. The summed E-state index contributed by atoms with van der Waals surface area (Å²) in [5.41, 5.74) is 0.653. The van der Waals surface area contributed by atoms with Gasteiger partial charge in [-0.25, -0.2) is 14.8 Å². The molecule has 0 radical (unpaired) electrons. The van der Waals surface area contributed by atoms with Crippen LogP contribution in [0, 0.1) is 18.8 Å². The summed E-state index contributed by atoms with van der Waals surface area (Å²) in [5, 5.41) is 13.6.